The number of benzene rings is 1. The van der Waals surface area contributed by atoms with E-state index < -0.39 is 24.8 Å². The first kappa shape index (κ1) is 17.4. The molecule has 3 fully saturated rings. The molecule has 0 unspecified atom stereocenters. The van der Waals surface area contributed by atoms with Crippen molar-refractivity contribution in [2.24, 2.45) is 0 Å². The summed E-state index contributed by atoms with van der Waals surface area (Å²) in [6.45, 7) is 3.12. The highest BCUT2D eigenvalue weighted by molar-refractivity contribution is 5.16. The minimum Gasteiger partial charge on any atom is -0.388 e. The van der Waals surface area contributed by atoms with E-state index in [4.69, 9.17) is 23.7 Å². The van der Waals surface area contributed by atoms with Crippen LogP contribution in [0.4, 0.5) is 0 Å². The van der Waals surface area contributed by atoms with Crippen molar-refractivity contribution >= 4 is 0 Å². The van der Waals surface area contributed by atoms with E-state index in [9.17, 15) is 5.11 Å². The molecule has 3 aliphatic rings. The molecule has 1 aromatic rings. The maximum absolute atomic E-state index is 11.1. The number of rotatable bonds is 3. The van der Waals surface area contributed by atoms with Crippen molar-refractivity contribution in [2.75, 3.05) is 40.0 Å². The van der Waals surface area contributed by atoms with Crippen molar-refractivity contribution in [1.29, 1.82) is 0 Å². The van der Waals surface area contributed by atoms with Gasteiger partial charge in [-0.3, -0.25) is 4.90 Å². The van der Waals surface area contributed by atoms with Crippen LogP contribution in [0.15, 0.2) is 30.3 Å². The lowest BCUT2D eigenvalue weighted by Gasteiger charge is -2.50. The Morgan fingerprint density at radius 1 is 1.12 bits per heavy atom. The van der Waals surface area contributed by atoms with Gasteiger partial charge in [-0.25, -0.2) is 0 Å². The van der Waals surface area contributed by atoms with Gasteiger partial charge in [0.25, 0.3) is 0 Å². The van der Waals surface area contributed by atoms with Crippen LogP contribution in [-0.4, -0.2) is 80.7 Å². The molecule has 7 nitrogen and oxygen atoms in total. The van der Waals surface area contributed by atoms with Crippen LogP contribution in [0.2, 0.25) is 0 Å². The molecular formula is C18H25NO6. The van der Waals surface area contributed by atoms with Gasteiger partial charge in [-0.1, -0.05) is 30.3 Å². The summed E-state index contributed by atoms with van der Waals surface area (Å²) in [4.78, 5) is 2.16. The third kappa shape index (κ3) is 3.46. The topological polar surface area (TPSA) is 69.6 Å². The summed E-state index contributed by atoms with van der Waals surface area (Å²) in [6.07, 6.45) is -2.55. The Bertz CT molecular complexity index is 552. The van der Waals surface area contributed by atoms with Gasteiger partial charge in [-0.05, 0) is 0 Å². The standard InChI is InChI=1S/C18H25NO6/c1-21-18-14(19-7-9-22-10-8-19)15(20)16-13(24-18)11-23-17(25-16)12-5-3-2-4-6-12/h2-6,13-18,20H,7-11H2,1H3/t13-,14-,15-,16-,17-,18-/m1/s1. The average molecular weight is 351 g/mol. The Balaban J connectivity index is 1.52. The molecule has 7 heteroatoms. The minimum absolute atomic E-state index is 0.287. The van der Waals surface area contributed by atoms with Crippen LogP contribution in [0, 0.1) is 0 Å². The normalized spacial score (nSPS) is 39.8. The number of ether oxygens (including phenoxy) is 5. The Kier molecular flexibility index (Phi) is 5.33. The molecule has 0 amide bonds. The number of aliphatic hydroxyl groups is 1. The van der Waals surface area contributed by atoms with Gasteiger partial charge in [0, 0.05) is 25.8 Å². The van der Waals surface area contributed by atoms with Gasteiger partial charge in [0.1, 0.15) is 18.3 Å². The molecule has 25 heavy (non-hydrogen) atoms. The lowest BCUT2D eigenvalue weighted by Crippen LogP contribution is -2.67. The molecule has 4 rings (SSSR count). The fraction of sp³-hybridized carbons (Fsp3) is 0.667. The summed E-state index contributed by atoms with van der Waals surface area (Å²) >= 11 is 0. The summed E-state index contributed by atoms with van der Waals surface area (Å²) < 4.78 is 28.9. The van der Waals surface area contributed by atoms with E-state index in [1.807, 2.05) is 30.3 Å². The smallest absolute Gasteiger partial charge is 0.184 e. The average Bonchev–Trinajstić information content (AvgIpc) is 2.69. The molecular weight excluding hydrogens is 326 g/mol. The number of hydrogen-bond acceptors (Lipinski definition) is 7. The molecule has 0 bridgehead atoms. The van der Waals surface area contributed by atoms with Gasteiger partial charge in [-0.15, -0.1) is 0 Å². The highest BCUT2D eigenvalue weighted by Crippen LogP contribution is 2.35. The van der Waals surface area contributed by atoms with Crippen LogP contribution < -0.4 is 0 Å². The van der Waals surface area contributed by atoms with E-state index in [1.54, 1.807) is 7.11 Å². The first-order valence-electron chi connectivity index (χ1n) is 8.78. The number of nitrogens with zero attached hydrogens (tertiary/aromatic N) is 1. The number of aliphatic hydroxyl groups excluding tert-OH is 1. The van der Waals surface area contributed by atoms with Gasteiger partial charge < -0.3 is 28.8 Å². The summed E-state index contributed by atoms with van der Waals surface area (Å²) in [5.41, 5.74) is 0.935. The van der Waals surface area contributed by atoms with E-state index in [0.29, 0.717) is 19.8 Å². The van der Waals surface area contributed by atoms with Crippen molar-refractivity contribution in [1.82, 2.24) is 4.90 Å². The molecule has 0 spiro atoms. The first-order valence-corrected chi connectivity index (χ1v) is 8.78. The zero-order chi connectivity index (χ0) is 17.2. The summed E-state index contributed by atoms with van der Waals surface area (Å²) in [7, 11) is 1.60. The molecule has 0 aliphatic carbocycles. The Hall–Kier alpha value is -1.06. The van der Waals surface area contributed by atoms with Crippen LogP contribution >= 0.6 is 0 Å². The van der Waals surface area contributed by atoms with E-state index in [2.05, 4.69) is 4.90 Å². The number of morpholine rings is 1. The van der Waals surface area contributed by atoms with Crippen molar-refractivity contribution in [3.63, 3.8) is 0 Å². The number of methoxy groups -OCH3 is 1. The molecule has 1 aromatic carbocycles. The molecule has 138 valence electrons. The number of hydrogen-bond donors (Lipinski definition) is 1. The van der Waals surface area contributed by atoms with Gasteiger partial charge >= 0.3 is 0 Å². The Morgan fingerprint density at radius 3 is 2.60 bits per heavy atom. The summed E-state index contributed by atoms with van der Waals surface area (Å²) in [6, 6.07) is 9.46. The van der Waals surface area contributed by atoms with Crippen LogP contribution in [0.25, 0.3) is 0 Å². The molecule has 3 aliphatic heterocycles. The van der Waals surface area contributed by atoms with Gasteiger partial charge in [-0.2, -0.15) is 0 Å². The van der Waals surface area contributed by atoms with Gasteiger partial charge in [0.2, 0.25) is 0 Å². The SMILES string of the molecule is CO[C@@H]1O[C@@H]2CO[C@@H](c3ccccc3)O[C@H]2[C@H](O)[C@H]1N1CCOCC1. The predicted octanol–water partition coefficient (Wildman–Crippen LogP) is 0.534. The molecule has 0 aromatic heterocycles. The van der Waals surface area contributed by atoms with Crippen molar-refractivity contribution in [3.05, 3.63) is 35.9 Å². The van der Waals surface area contributed by atoms with Crippen LogP contribution in [0.5, 0.6) is 0 Å². The minimum atomic E-state index is -0.725. The Morgan fingerprint density at radius 2 is 1.88 bits per heavy atom. The quantitative estimate of drug-likeness (QED) is 0.852. The fourth-order valence-electron chi connectivity index (χ4n) is 3.82. The van der Waals surface area contributed by atoms with Crippen molar-refractivity contribution in [3.8, 4) is 0 Å². The summed E-state index contributed by atoms with van der Waals surface area (Å²) in [5.74, 6) is 0. The fourth-order valence-corrected chi connectivity index (χ4v) is 3.82. The van der Waals surface area contributed by atoms with E-state index in [-0.39, 0.29) is 12.1 Å². The van der Waals surface area contributed by atoms with Gasteiger partial charge in [0.05, 0.1) is 25.9 Å². The molecule has 1 N–H and O–H groups in total. The predicted molar refractivity (Wildman–Crippen MR) is 87.9 cm³/mol. The van der Waals surface area contributed by atoms with Gasteiger partial charge in [0.15, 0.2) is 12.6 Å². The third-order valence-electron chi connectivity index (χ3n) is 5.10. The highest BCUT2D eigenvalue weighted by Gasteiger charge is 2.51. The monoisotopic (exact) mass is 351 g/mol. The van der Waals surface area contributed by atoms with Crippen molar-refractivity contribution in [2.45, 2.75) is 36.9 Å². The lowest BCUT2D eigenvalue weighted by atomic mass is 9.94. The largest absolute Gasteiger partial charge is 0.388 e. The van der Waals surface area contributed by atoms with E-state index >= 15 is 0 Å². The zero-order valence-electron chi connectivity index (χ0n) is 14.3. The second-order valence-electron chi connectivity index (χ2n) is 6.58. The van der Waals surface area contributed by atoms with E-state index in [1.165, 1.54) is 0 Å². The summed E-state index contributed by atoms with van der Waals surface area (Å²) in [5, 5.41) is 11.1. The second kappa shape index (κ2) is 7.67. The molecule has 3 saturated heterocycles. The zero-order valence-corrected chi connectivity index (χ0v) is 14.3. The Labute approximate surface area is 147 Å². The van der Waals surface area contributed by atoms with Crippen molar-refractivity contribution < 1.29 is 28.8 Å². The van der Waals surface area contributed by atoms with E-state index in [0.717, 1.165) is 18.7 Å². The first-order chi connectivity index (χ1) is 12.3. The van der Waals surface area contributed by atoms with Crippen LogP contribution in [0.1, 0.15) is 11.9 Å². The van der Waals surface area contributed by atoms with Crippen LogP contribution in [-0.2, 0) is 23.7 Å². The number of fused-ring (bicyclic) bond motifs is 1. The lowest BCUT2D eigenvalue weighted by molar-refractivity contribution is -0.351. The maximum atomic E-state index is 11.1. The molecule has 3 heterocycles. The molecule has 0 saturated carbocycles. The second-order valence-corrected chi connectivity index (χ2v) is 6.58. The molecule has 6 atom stereocenters. The maximum Gasteiger partial charge on any atom is 0.184 e. The van der Waals surface area contributed by atoms with Crippen LogP contribution in [0.3, 0.4) is 0 Å². The highest BCUT2D eigenvalue weighted by atomic mass is 16.7. The third-order valence-corrected chi connectivity index (χ3v) is 5.10. The molecule has 0 radical (unpaired) electrons.